The monoisotopic (exact) mass is 545 g/mol. The summed E-state index contributed by atoms with van der Waals surface area (Å²) in [5.41, 5.74) is 1.46. The van der Waals surface area contributed by atoms with Crippen molar-refractivity contribution >= 4 is 10.1 Å². The summed E-state index contributed by atoms with van der Waals surface area (Å²) in [7, 11) is 0.494. The summed E-state index contributed by atoms with van der Waals surface area (Å²) in [6.45, 7) is 4.75. The maximum Gasteiger partial charge on any atom is 0.124 e. The highest BCUT2D eigenvalue weighted by Gasteiger charge is 2.14. The smallest absolute Gasteiger partial charge is 0.124 e. The van der Waals surface area contributed by atoms with Crippen molar-refractivity contribution in [2.24, 2.45) is 0 Å². The van der Waals surface area contributed by atoms with E-state index in [0.717, 1.165) is 11.0 Å². The van der Waals surface area contributed by atoms with Gasteiger partial charge in [0, 0.05) is 5.56 Å². The van der Waals surface area contributed by atoms with Crippen LogP contribution >= 0.6 is 0 Å². The molecular formula is C33H55NO3S. The van der Waals surface area contributed by atoms with Crippen LogP contribution in [0.3, 0.4) is 0 Å². The lowest BCUT2D eigenvalue weighted by atomic mass is 10.0. The van der Waals surface area contributed by atoms with E-state index in [-0.39, 0.29) is 4.90 Å². The molecule has 2 aromatic rings. The predicted molar refractivity (Wildman–Crippen MR) is 161 cm³/mol. The van der Waals surface area contributed by atoms with Crippen LogP contribution in [0.4, 0.5) is 0 Å². The maximum absolute atomic E-state index is 10.3. The maximum atomic E-state index is 10.3. The van der Waals surface area contributed by atoms with Gasteiger partial charge in [0.25, 0.3) is 0 Å². The summed E-state index contributed by atoms with van der Waals surface area (Å²) in [5, 5.41) is 0. The van der Waals surface area contributed by atoms with Gasteiger partial charge >= 0.3 is 0 Å². The molecule has 5 heteroatoms. The van der Waals surface area contributed by atoms with Crippen LogP contribution in [-0.2, 0) is 16.7 Å². The van der Waals surface area contributed by atoms with E-state index in [1.165, 1.54) is 139 Å². The largest absolute Gasteiger partial charge is 0.744 e. The van der Waals surface area contributed by atoms with Gasteiger partial charge in [-0.25, -0.2) is 8.42 Å². The Bertz CT molecular complexity index is 898. The predicted octanol–water partition coefficient (Wildman–Crippen LogP) is 9.12. The Balaban J connectivity index is 0.000000600. The number of benzene rings is 2. The normalized spacial score (nSPS) is 11.7. The third-order valence-electron chi connectivity index (χ3n) is 7.10. The van der Waals surface area contributed by atoms with Crippen LogP contribution in [-0.4, -0.2) is 38.1 Å². The van der Waals surface area contributed by atoms with Crippen molar-refractivity contribution in [3.05, 3.63) is 66.2 Å². The van der Waals surface area contributed by atoms with Crippen molar-refractivity contribution in [2.45, 2.75) is 121 Å². The molecule has 0 saturated carbocycles. The van der Waals surface area contributed by atoms with Crippen molar-refractivity contribution in [1.82, 2.24) is 0 Å². The molecule has 0 saturated heterocycles. The molecule has 4 nitrogen and oxygen atoms in total. The molecule has 0 aliphatic heterocycles. The fourth-order valence-corrected chi connectivity index (χ4v) is 5.32. The number of hydrogen-bond donors (Lipinski definition) is 0. The van der Waals surface area contributed by atoms with Crippen molar-refractivity contribution in [2.75, 3.05) is 20.6 Å². The number of nitrogens with zero attached hydrogens (tertiary/aromatic N) is 1. The molecule has 38 heavy (non-hydrogen) atoms. The van der Waals surface area contributed by atoms with Crippen LogP contribution in [0.5, 0.6) is 0 Å². The van der Waals surface area contributed by atoms with Crippen LogP contribution in [0.1, 0.15) is 115 Å². The summed E-state index contributed by atoms with van der Waals surface area (Å²) < 4.78 is 31.9. The van der Waals surface area contributed by atoms with Crippen LogP contribution in [0.2, 0.25) is 0 Å². The molecule has 2 rings (SSSR count). The zero-order valence-electron chi connectivity index (χ0n) is 24.6. The van der Waals surface area contributed by atoms with Crippen LogP contribution in [0, 0.1) is 0 Å². The van der Waals surface area contributed by atoms with Gasteiger partial charge in [-0.05, 0) is 25.0 Å². The molecule has 0 heterocycles. The van der Waals surface area contributed by atoms with E-state index in [0.29, 0.717) is 0 Å². The fraction of sp³-hybridized carbons (Fsp3) is 0.636. The molecule has 0 atom stereocenters. The number of unbranched alkanes of at least 4 members (excludes halogenated alkanes) is 15. The fourth-order valence-electron chi connectivity index (χ4n) is 4.83. The number of hydrogen-bond acceptors (Lipinski definition) is 3. The van der Waals surface area contributed by atoms with Crippen molar-refractivity contribution in [3.8, 4) is 0 Å². The summed E-state index contributed by atoms with van der Waals surface area (Å²) in [5.74, 6) is 0. The lowest BCUT2D eigenvalue weighted by Crippen LogP contribution is -2.39. The van der Waals surface area contributed by atoms with E-state index < -0.39 is 10.1 Å². The average molecular weight is 546 g/mol. The van der Waals surface area contributed by atoms with E-state index in [1.54, 1.807) is 6.07 Å². The highest BCUT2D eigenvalue weighted by atomic mass is 32.2. The summed E-state index contributed by atoms with van der Waals surface area (Å²) >= 11 is 0. The van der Waals surface area contributed by atoms with Crippen LogP contribution in [0.25, 0.3) is 0 Å². The molecule has 2 aromatic carbocycles. The van der Waals surface area contributed by atoms with Crippen LogP contribution in [0.15, 0.2) is 65.6 Å². The van der Waals surface area contributed by atoms with Gasteiger partial charge in [-0.3, -0.25) is 0 Å². The van der Waals surface area contributed by atoms with Crippen LogP contribution < -0.4 is 0 Å². The average Bonchev–Trinajstić information content (AvgIpc) is 2.89. The first-order valence-electron chi connectivity index (χ1n) is 15.1. The minimum Gasteiger partial charge on any atom is -0.744 e. The number of quaternary nitrogens is 1. The molecule has 0 fully saturated rings. The molecule has 0 aliphatic carbocycles. The quantitative estimate of drug-likeness (QED) is 0.0947. The number of rotatable bonds is 20. The van der Waals surface area contributed by atoms with E-state index in [4.69, 9.17) is 0 Å². The first-order chi connectivity index (χ1) is 18.2. The van der Waals surface area contributed by atoms with E-state index in [9.17, 15) is 13.0 Å². The Morgan fingerprint density at radius 2 is 0.947 bits per heavy atom. The minimum atomic E-state index is -4.25. The van der Waals surface area contributed by atoms with Crippen molar-refractivity contribution in [3.63, 3.8) is 0 Å². The minimum absolute atomic E-state index is 0.185. The third-order valence-corrected chi connectivity index (χ3v) is 7.95. The van der Waals surface area contributed by atoms with Gasteiger partial charge in [0.2, 0.25) is 0 Å². The topological polar surface area (TPSA) is 57.2 Å². The zero-order valence-corrected chi connectivity index (χ0v) is 25.4. The van der Waals surface area contributed by atoms with Crippen molar-refractivity contribution in [1.29, 1.82) is 0 Å². The highest BCUT2D eigenvalue weighted by Crippen LogP contribution is 2.15. The second kappa shape index (κ2) is 21.2. The Labute approximate surface area is 235 Å². The van der Waals surface area contributed by atoms with Crippen molar-refractivity contribution < 1.29 is 17.5 Å². The molecule has 0 bridgehead atoms. The second-order valence-corrected chi connectivity index (χ2v) is 12.8. The SMILES string of the molecule is CCCCCCCCCCCCCCCCCC[N+](C)(C)Cc1ccccc1.O=S(=O)([O-])c1ccccc1. The molecule has 0 N–H and O–H groups in total. The molecular weight excluding hydrogens is 490 g/mol. The van der Waals surface area contributed by atoms with Gasteiger partial charge in [0.05, 0.1) is 25.5 Å². The Hall–Kier alpha value is -1.69. The molecule has 0 aliphatic rings. The van der Waals surface area contributed by atoms with Gasteiger partial charge in [0.15, 0.2) is 0 Å². The molecule has 216 valence electrons. The third kappa shape index (κ3) is 19.4. The van der Waals surface area contributed by atoms with E-state index >= 15 is 0 Å². The molecule has 0 aromatic heterocycles. The zero-order chi connectivity index (χ0) is 28.0. The van der Waals surface area contributed by atoms with Gasteiger partial charge in [-0.1, -0.05) is 145 Å². The van der Waals surface area contributed by atoms with E-state index in [2.05, 4.69) is 51.4 Å². The second-order valence-electron chi connectivity index (χ2n) is 11.4. The molecule has 0 spiro atoms. The first-order valence-corrected chi connectivity index (χ1v) is 16.5. The van der Waals surface area contributed by atoms with Gasteiger partial charge < -0.3 is 9.04 Å². The molecule has 0 amide bonds. The Kier molecular flexibility index (Phi) is 19.1. The Morgan fingerprint density at radius 3 is 1.32 bits per heavy atom. The summed E-state index contributed by atoms with van der Waals surface area (Å²) in [6.07, 6.45) is 23.2. The van der Waals surface area contributed by atoms with Gasteiger partial charge in [-0.2, -0.15) is 0 Å². The lowest BCUT2D eigenvalue weighted by Gasteiger charge is -2.30. The standard InChI is InChI=1S/C27H50N.C6H6O3S/c1-4-5-6-7-8-9-10-11-12-13-14-15-16-17-18-22-25-28(2,3)26-27-23-20-19-21-24-27;7-10(8,9)6-4-2-1-3-5-6/h19-21,23-24H,4-18,22,25-26H2,1-3H3;1-5H,(H,7,8,9)/q+1;/p-1. The lowest BCUT2D eigenvalue weighted by molar-refractivity contribution is -0.903. The molecule has 0 radical (unpaired) electrons. The highest BCUT2D eigenvalue weighted by molar-refractivity contribution is 7.85. The van der Waals surface area contributed by atoms with Gasteiger partial charge in [-0.15, -0.1) is 0 Å². The summed E-state index contributed by atoms with van der Waals surface area (Å²) in [4.78, 5) is -0.185. The summed E-state index contributed by atoms with van der Waals surface area (Å²) in [6, 6.07) is 18.1. The van der Waals surface area contributed by atoms with E-state index in [1.807, 2.05) is 0 Å². The molecule has 0 unspecified atom stereocenters. The van der Waals surface area contributed by atoms with Gasteiger partial charge in [0.1, 0.15) is 16.7 Å². The first kappa shape index (κ1) is 34.3. The Morgan fingerprint density at radius 1 is 0.579 bits per heavy atom.